The summed E-state index contributed by atoms with van der Waals surface area (Å²) in [5.74, 6) is 7.08. The lowest BCUT2D eigenvalue weighted by atomic mass is 10.2. The zero-order valence-corrected chi connectivity index (χ0v) is 11.1. The molecule has 3 aromatic rings. The third-order valence-electron chi connectivity index (χ3n) is 3.13. The van der Waals surface area contributed by atoms with E-state index in [9.17, 15) is 0 Å². The Morgan fingerprint density at radius 1 is 1.00 bits per heavy atom. The first-order chi connectivity index (χ1) is 9.76. The summed E-state index contributed by atoms with van der Waals surface area (Å²) in [5.41, 5.74) is 5.57. The number of anilines is 1. The number of hydrazine groups is 1. The van der Waals surface area contributed by atoms with Gasteiger partial charge in [0.2, 0.25) is 0 Å². The van der Waals surface area contributed by atoms with E-state index in [1.165, 1.54) is 5.56 Å². The molecule has 0 atom stereocenters. The summed E-state index contributed by atoms with van der Waals surface area (Å²) in [4.78, 5) is 4.30. The van der Waals surface area contributed by atoms with Crippen molar-refractivity contribution in [2.45, 2.75) is 6.92 Å². The monoisotopic (exact) mass is 265 g/mol. The quantitative estimate of drug-likeness (QED) is 0.561. The first-order valence-electron chi connectivity index (χ1n) is 6.36. The van der Waals surface area contributed by atoms with Crippen LogP contribution >= 0.6 is 0 Å². The van der Waals surface area contributed by atoms with Gasteiger partial charge in [0.1, 0.15) is 11.5 Å². The number of pyridine rings is 1. The van der Waals surface area contributed by atoms with E-state index in [4.69, 9.17) is 10.6 Å². The number of rotatable bonds is 3. The molecule has 4 nitrogen and oxygen atoms in total. The zero-order valence-electron chi connectivity index (χ0n) is 11.1. The second kappa shape index (κ2) is 5.19. The van der Waals surface area contributed by atoms with Crippen molar-refractivity contribution in [1.82, 2.24) is 4.98 Å². The molecule has 0 unspecified atom stereocenters. The Kier molecular flexibility index (Phi) is 3.23. The Bertz CT molecular complexity index is 738. The normalized spacial score (nSPS) is 10.5. The maximum atomic E-state index is 5.84. The molecule has 0 aliphatic carbocycles. The van der Waals surface area contributed by atoms with Crippen LogP contribution < -0.4 is 16.0 Å². The molecule has 1 aromatic heterocycles. The van der Waals surface area contributed by atoms with Crippen molar-refractivity contribution in [2.24, 2.45) is 5.84 Å². The van der Waals surface area contributed by atoms with E-state index in [-0.39, 0.29) is 0 Å². The van der Waals surface area contributed by atoms with Crippen molar-refractivity contribution in [3.63, 3.8) is 0 Å². The van der Waals surface area contributed by atoms with Crippen LogP contribution in [0.15, 0.2) is 54.7 Å². The molecule has 100 valence electrons. The molecule has 0 radical (unpaired) electrons. The molecule has 4 heteroatoms. The molecule has 0 amide bonds. The van der Waals surface area contributed by atoms with Gasteiger partial charge in [-0.1, -0.05) is 17.7 Å². The second-order valence-electron chi connectivity index (χ2n) is 4.60. The number of fused-ring (bicyclic) bond motifs is 1. The molecule has 0 spiro atoms. The molecular formula is C16H15N3O. The number of nitrogens with zero attached hydrogens (tertiary/aromatic N) is 1. The predicted octanol–water partition coefficient (Wildman–Crippen LogP) is 3.62. The van der Waals surface area contributed by atoms with Crippen LogP contribution in [0.5, 0.6) is 11.5 Å². The molecule has 0 bridgehead atoms. The fourth-order valence-electron chi connectivity index (χ4n) is 2.06. The minimum Gasteiger partial charge on any atom is -0.457 e. The van der Waals surface area contributed by atoms with Gasteiger partial charge in [0.15, 0.2) is 0 Å². The summed E-state index contributed by atoms with van der Waals surface area (Å²) >= 11 is 0. The Hall–Kier alpha value is -2.59. The van der Waals surface area contributed by atoms with Gasteiger partial charge in [-0.05, 0) is 43.3 Å². The Balaban J connectivity index is 1.98. The summed E-state index contributed by atoms with van der Waals surface area (Å²) in [6.45, 7) is 2.05. The number of nitrogens with two attached hydrogens (primary N) is 1. The van der Waals surface area contributed by atoms with Crippen molar-refractivity contribution >= 4 is 16.6 Å². The van der Waals surface area contributed by atoms with Crippen LogP contribution in [-0.4, -0.2) is 4.98 Å². The fraction of sp³-hybridized carbons (Fsp3) is 0.0625. The van der Waals surface area contributed by atoms with E-state index in [0.717, 1.165) is 28.1 Å². The molecule has 2 aromatic carbocycles. The van der Waals surface area contributed by atoms with E-state index in [2.05, 4.69) is 10.4 Å². The summed E-state index contributed by atoms with van der Waals surface area (Å²) in [6.07, 6.45) is 1.72. The standard InChI is InChI=1S/C16H15N3O/c1-11-2-4-12(5-3-11)20-13-6-7-15-14(10-13)16(19-17)8-9-18-15/h2-10H,17H2,1H3,(H,18,19). The summed E-state index contributed by atoms with van der Waals surface area (Å²) in [7, 11) is 0. The highest BCUT2D eigenvalue weighted by molar-refractivity contribution is 5.91. The lowest BCUT2D eigenvalue weighted by Gasteiger charge is -2.09. The number of hydrogen-bond acceptors (Lipinski definition) is 4. The number of benzene rings is 2. The molecule has 3 rings (SSSR count). The smallest absolute Gasteiger partial charge is 0.128 e. The maximum absolute atomic E-state index is 5.84. The van der Waals surface area contributed by atoms with Gasteiger partial charge in [0, 0.05) is 11.6 Å². The van der Waals surface area contributed by atoms with Crippen LogP contribution in [0.4, 0.5) is 5.69 Å². The van der Waals surface area contributed by atoms with E-state index in [1.807, 2.05) is 55.5 Å². The Labute approximate surface area is 117 Å². The van der Waals surface area contributed by atoms with Gasteiger partial charge in [-0.3, -0.25) is 10.8 Å². The van der Waals surface area contributed by atoms with Crippen molar-refractivity contribution in [1.29, 1.82) is 0 Å². The fourth-order valence-corrected chi connectivity index (χ4v) is 2.06. The molecule has 3 N–H and O–H groups in total. The van der Waals surface area contributed by atoms with Crippen LogP contribution in [0.2, 0.25) is 0 Å². The Morgan fingerprint density at radius 3 is 2.50 bits per heavy atom. The molecule has 20 heavy (non-hydrogen) atoms. The first-order valence-corrected chi connectivity index (χ1v) is 6.36. The molecule has 0 aliphatic heterocycles. The zero-order chi connectivity index (χ0) is 13.9. The van der Waals surface area contributed by atoms with Gasteiger partial charge < -0.3 is 10.2 Å². The minimum absolute atomic E-state index is 0.755. The van der Waals surface area contributed by atoms with Gasteiger partial charge in [-0.25, -0.2) is 0 Å². The third-order valence-corrected chi connectivity index (χ3v) is 3.13. The lowest BCUT2D eigenvalue weighted by molar-refractivity contribution is 0.483. The maximum Gasteiger partial charge on any atom is 0.128 e. The first kappa shape index (κ1) is 12.4. The van der Waals surface area contributed by atoms with Gasteiger partial charge in [-0.2, -0.15) is 0 Å². The topological polar surface area (TPSA) is 60.2 Å². The average Bonchev–Trinajstić information content (AvgIpc) is 2.49. The largest absolute Gasteiger partial charge is 0.457 e. The summed E-state index contributed by atoms with van der Waals surface area (Å²) in [6, 6.07) is 15.5. The van der Waals surface area contributed by atoms with E-state index in [0.29, 0.717) is 0 Å². The number of nitrogens with one attached hydrogen (secondary N) is 1. The number of aryl methyl sites for hydroxylation is 1. The highest BCUT2D eigenvalue weighted by atomic mass is 16.5. The minimum atomic E-state index is 0.755. The van der Waals surface area contributed by atoms with Crippen molar-refractivity contribution in [2.75, 3.05) is 5.43 Å². The summed E-state index contributed by atoms with van der Waals surface area (Å²) in [5, 5.41) is 0.930. The number of nitrogen functional groups attached to an aromatic ring is 1. The number of ether oxygens (including phenoxy) is 1. The van der Waals surface area contributed by atoms with E-state index in [1.54, 1.807) is 6.20 Å². The van der Waals surface area contributed by atoms with Crippen molar-refractivity contribution < 1.29 is 4.74 Å². The second-order valence-corrected chi connectivity index (χ2v) is 4.60. The van der Waals surface area contributed by atoms with Crippen molar-refractivity contribution in [3.05, 3.63) is 60.3 Å². The van der Waals surface area contributed by atoms with Crippen LogP contribution in [-0.2, 0) is 0 Å². The third kappa shape index (κ3) is 2.41. The van der Waals surface area contributed by atoms with Crippen LogP contribution in [0.25, 0.3) is 10.9 Å². The van der Waals surface area contributed by atoms with Crippen LogP contribution in [0.3, 0.4) is 0 Å². The Morgan fingerprint density at radius 2 is 1.75 bits per heavy atom. The van der Waals surface area contributed by atoms with Crippen LogP contribution in [0.1, 0.15) is 5.56 Å². The SMILES string of the molecule is Cc1ccc(Oc2ccc3nccc(NN)c3c2)cc1. The van der Waals surface area contributed by atoms with Gasteiger partial charge in [0.05, 0.1) is 11.2 Å². The number of hydrogen-bond donors (Lipinski definition) is 2. The lowest BCUT2D eigenvalue weighted by Crippen LogP contribution is -2.07. The van der Waals surface area contributed by atoms with E-state index < -0.39 is 0 Å². The van der Waals surface area contributed by atoms with Gasteiger partial charge in [0.25, 0.3) is 0 Å². The van der Waals surface area contributed by atoms with Crippen molar-refractivity contribution in [3.8, 4) is 11.5 Å². The van der Waals surface area contributed by atoms with Gasteiger partial charge in [-0.15, -0.1) is 0 Å². The molecule has 0 aliphatic rings. The van der Waals surface area contributed by atoms with Crippen LogP contribution in [0, 0.1) is 6.92 Å². The molecule has 0 fully saturated rings. The molecular weight excluding hydrogens is 250 g/mol. The van der Waals surface area contributed by atoms with Gasteiger partial charge >= 0.3 is 0 Å². The molecule has 1 heterocycles. The number of aromatic nitrogens is 1. The average molecular weight is 265 g/mol. The van der Waals surface area contributed by atoms with E-state index >= 15 is 0 Å². The predicted molar refractivity (Wildman–Crippen MR) is 80.8 cm³/mol. The molecule has 0 saturated heterocycles. The highest BCUT2D eigenvalue weighted by Gasteiger charge is 2.04. The highest BCUT2D eigenvalue weighted by Crippen LogP contribution is 2.28. The summed E-state index contributed by atoms with van der Waals surface area (Å²) < 4.78 is 5.84. The molecule has 0 saturated carbocycles.